The van der Waals surface area contributed by atoms with Crippen LogP contribution < -0.4 is 10.6 Å². The van der Waals surface area contributed by atoms with Gasteiger partial charge >= 0.3 is 0 Å². The van der Waals surface area contributed by atoms with Gasteiger partial charge in [-0.1, -0.05) is 18.2 Å². The van der Waals surface area contributed by atoms with Crippen LogP contribution in [0.3, 0.4) is 0 Å². The fraction of sp³-hybridized carbons (Fsp3) is 0.500. The summed E-state index contributed by atoms with van der Waals surface area (Å²) in [5, 5.41) is 15.3. The van der Waals surface area contributed by atoms with Crippen molar-refractivity contribution in [3.63, 3.8) is 0 Å². The molecule has 18 heavy (non-hydrogen) atoms. The van der Waals surface area contributed by atoms with Gasteiger partial charge in [0.05, 0.1) is 6.10 Å². The maximum Gasteiger partial charge on any atom is 0.220 e. The number of aliphatic hydroxyl groups is 1. The lowest BCUT2D eigenvalue weighted by atomic mass is 9.97. The van der Waals surface area contributed by atoms with E-state index in [2.05, 4.69) is 16.7 Å². The maximum atomic E-state index is 11.8. The van der Waals surface area contributed by atoms with Crippen LogP contribution in [-0.4, -0.2) is 30.2 Å². The number of carbonyl (C=O) groups is 1. The Bertz CT molecular complexity index is 418. The molecule has 0 saturated heterocycles. The van der Waals surface area contributed by atoms with E-state index >= 15 is 0 Å². The van der Waals surface area contributed by atoms with Crippen LogP contribution in [0.15, 0.2) is 24.3 Å². The van der Waals surface area contributed by atoms with Gasteiger partial charge in [0.2, 0.25) is 5.91 Å². The average molecular weight is 248 g/mol. The zero-order valence-electron chi connectivity index (χ0n) is 10.6. The first-order chi connectivity index (χ1) is 8.66. The van der Waals surface area contributed by atoms with Gasteiger partial charge in [0.25, 0.3) is 0 Å². The second-order valence-corrected chi connectivity index (χ2v) is 4.86. The number of anilines is 1. The predicted octanol–water partition coefficient (Wildman–Crippen LogP) is 1.47. The van der Waals surface area contributed by atoms with Crippen molar-refractivity contribution in [2.45, 2.75) is 31.8 Å². The minimum atomic E-state index is -0.362. The summed E-state index contributed by atoms with van der Waals surface area (Å²) in [6, 6.07) is 8.12. The molecule has 1 aliphatic heterocycles. The van der Waals surface area contributed by atoms with Gasteiger partial charge < -0.3 is 15.7 Å². The predicted molar refractivity (Wildman–Crippen MR) is 71.6 cm³/mol. The van der Waals surface area contributed by atoms with E-state index in [-0.39, 0.29) is 17.9 Å². The van der Waals surface area contributed by atoms with Crippen LogP contribution >= 0.6 is 0 Å². The Morgan fingerprint density at radius 1 is 1.56 bits per heavy atom. The lowest BCUT2D eigenvalue weighted by Gasteiger charge is -2.11. The molecule has 0 fully saturated rings. The number of aliphatic hydroxyl groups excluding tert-OH is 1. The van der Waals surface area contributed by atoms with Gasteiger partial charge in [-0.05, 0) is 25.0 Å². The highest BCUT2D eigenvalue weighted by Crippen LogP contribution is 2.32. The molecule has 4 nitrogen and oxygen atoms in total. The Morgan fingerprint density at radius 2 is 2.33 bits per heavy atom. The Kier molecular flexibility index (Phi) is 4.20. The van der Waals surface area contributed by atoms with E-state index in [1.54, 1.807) is 6.92 Å². The molecule has 2 unspecified atom stereocenters. The van der Waals surface area contributed by atoms with E-state index in [1.807, 2.05) is 18.2 Å². The molecule has 1 aromatic rings. The van der Waals surface area contributed by atoms with Crippen LogP contribution in [-0.2, 0) is 4.79 Å². The van der Waals surface area contributed by atoms with Crippen LogP contribution in [0.4, 0.5) is 5.69 Å². The molecule has 0 bridgehead atoms. The van der Waals surface area contributed by atoms with Crippen molar-refractivity contribution >= 4 is 11.6 Å². The highest BCUT2D eigenvalue weighted by molar-refractivity contribution is 5.78. The molecule has 2 atom stereocenters. The summed E-state index contributed by atoms with van der Waals surface area (Å²) in [6.07, 6.45) is 0.744. The van der Waals surface area contributed by atoms with Gasteiger partial charge in [-0.3, -0.25) is 4.79 Å². The molecule has 0 aliphatic carbocycles. The van der Waals surface area contributed by atoms with Crippen molar-refractivity contribution in [2.75, 3.05) is 18.4 Å². The highest BCUT2D eigenvalue weighted by Gasteiger charge is 2.23. The first-order valence-corrected chi connectivity index (χ1v) is 6.44. The van der Waals surface area contributed by atoms with E-state index < -0.39 is 0 Å². The number of hydrogen-bond acceptors (Lipinski definition) is 3. The van der Waals surface area contributed by atoms with E-state index in [1.165, 1.54) is 5.56 Å². The van der Waals surface area contributed by atoms with E-state index in [0.717, 1.165) is 12.2 Å². The maximum absolute atomic E-state index is 11.8. The zero-order chi connectivity index (χ0) is 13.0. The Balaban J connectivity index is 1.82. The largest absolute Gasteiger partial charge is 0.393 e. The number of nitrogens with one attached hydrogen (secondary N) is 2. The van der Waals surface area contributed by atoms with Gasteiger partial charge in [-0.15, -0.1) is 0 Å². The standard InChI is InChI=1S/C14H20N2O2/c1-10(17)6-7-15-14(18)8-11-9-16-13-5-3-2-4-12(11)13/h2-5,10-11,16-17H,6-9H2,1H3,(H,15,18). The number of rotatable bonds is 5. The fourth-order valence-electron chi connectivity index (χ4n) is 2.26. The third kappa shape index (κ3) is 3.23. The first-order valence-electron chi connectivity index (χ1n) is 6.44. The second-order valence-electron chi connectivity index (χ2n) is 4.86. The van der Waals surface area contributed by atoms with Gasteiger partial charge in [-0.25, -0.2) is 0 Å². The summed E-state index contributed by atoms with van der Waals surface area (Å²) in [7, 11) is 0. The lowest BCUT2D eigenvalue weighted by Crippen LogP contribution is -2.28. The van der Waals surface area contributed by atoms with Crippen molar-refractivity contribution in [2.24, 2.45) is 0 Å². The third-order valence-corrected chi connectivity index (χ3v) is 3.26. The molecule has 0 aromatic heterocycles. The number of hydrogen-bond donors (Lipinski definition) is 3. The molecule has 2 rings (SSSR count). The topological polar surface area (TPSA) is 61.4 Å². The quantitative estimate of drug-likeness (QED) is 0.739. The lowest BCUT2D eigenvalue weighted by molar-refractivity contribution is -0.121. The molecule has 0 radical (unpaired) electrons. The van der Waals surface area contributed by atoms with Crippen molar-refractivity contribution in [1.29, 1.82) is 0 Å². The van der Waals surface area contributed by atoms with Crippen molar-refractivity contribution in [1.82, 2.24) is 5.32 Å². The molecular weight excluding hydrogens is 228 g/mol. The number of fused-ring (bicyclic) bond motifs is 1. The summed E-state index contributed by atoms with van der Waals surface area (Å²) in [5.74, 6) is 0.312. The van der Waals surface area contributed by atoms with Gasteiger partial charge in [0, 0.05) is 31.1 Å². The number of amides is 1. The van der Waals surface area contributed by atoms with Crippen LogP contribution in [0, 0.1) is 0 Å². The monoisotopic (exact) mass is 248 g/mol. The van der Waals surface area contributed by atoms with Gasteiger partial charge in [-0.2, -0.15) is 0 Å². The molecule has 0 saturated carbocycles. The Hall–Kier alpha value is -1.55. The Labute approximate surface area is 107 Å². The van der Waals surface area contributed by atoms with E-state index in [9.17, 15) is 4.79 Å². The van der Waals surface area contributed by atoms with Gasteiger partial charge in [0.1, 0.15) is 0 Å². The molecular formula is C14H20N2O2. The SMILES string of the molecule is CC(O)CCNC(=O)CC1CNc2ccccc21. The smallest absolute Gasteiger partial charge is 0.220 e. The van der Waals surface area contributed by atoms with Crippen LogP contribution in [0.25, 0.3) is 0 Å². The van der Waals surface area contributed by atoms with Crippen LogP contribution in [0.5, 0.6) is 0 Å². The highest BCUT2D eigenvalue weighted by atomic mass is 16.3. The number of benzene rings is 1. The number of para-hydroxylation sites is 1. The molecule has 3 N–H and O–H groups in total. The van der Waals surface area contributed by atoms with Crippen LogP contribution in [0.1, 0.15) is 31.2 Å². The summed E-state index contributed by atoms with van der Waals surface area (Å²) < 4.78 is 0. The summed E-state index contributed by atoms with van der Waals surface area (Å²) in [5.41, 5.74) is 2.36. The molecule has 98 valence electrons. The fourth-order valence-corrected chi connectivity index (χ4v) is 2.26. The summed E-state index contributed by atoms with van der Waals surface area (Å²) in [6.45, 7) is 3.09. The van der Waals surface area contributed by atoms with Crippen molar-refractivity contribution in [3.8, 4) is 0 Å². The molecule has 1 aromatic carbocycles. The molecule has 1 aliphatic rings. The van der Waals surface area contributed by atoms with Gasteiger partial charge in [0.15, 0.2) is 0 Å². The summed E-state index contributed by atoms with van der Waals surface area (Å²) in [4.78, 5) is 11.8. The average Bonchev–Trinajstić information content (AvgIpc) is 2.72. The van der Waals surface area contributed by atoms with E-state index in [4.69, 9.17) is 5.11 Å². The summed E-state index contributed by atoms with van der Waals surface area (Å²) >= 11 is 0. The van der Waals surface area contributed by atoms with Crippen LogP contribution in [0.2, 0.25) is 0 Å². The second kappa shape index (κ2) is 5.87. The van der Waals surface area contributed by atoms with Crippen molar-refractivity contribution < 1.29 is 9.90 Å². The van der Waals surface area contributed by atoms with E-state index in [0.29, 0.717) is 19.4 Å². The normalized spacial score (nSPS) is 18.9. The minimum Gasteiger partial charge on any atom is -0.393 e. The Morgan fingerprint density at radius 3 is 3.11 bits per heavy atom. The molecule has 0 spiro atoms. The third-order valence-electron chi connectivity index (χ3n) is 3.26. The molecule has 1 amide bonds. The first kappa shape index (κ1) is 12.9. The van der Waals surface area contributed by atoms with Crippen molar-refractivity contribution in [3.05, 3.63) is 29.8 Å². The molecule has 4 heteroatoms. The molecule has 1 heterocycles. The zero-order valence-corrected chi connectivity index (χ0v) is 10.6. The minimum absolute atomic E-state index is 0.0548. The number of carbonyl (C=O) groups excluding carboxylic acids is 1.